The highest BCUT2D eigenvalue weighted by Crippen LogP contribution is 2.32. The lowest BCUT2D eigenvalue weighted by Gasteiger charge is -2.14. The minimum absolute atomic E-state index is 0.0417. The lowest BCUT2D eigenvalue weighted by atomic mass is 10.1. The number of nitrogens with two attached hydrogens (primary N) is 1. The van der Waals surface area contributed by atoms with Crippen molar-refractivity contribution in [1.29, 1.82) is 0 Å². The van der Waals surface area contributed by atoms with Crippen LogP contribution in [-0.2, 0) is 9.53 Å². The highest BCUT2D eigenvalue weighted by Gasteiger charge is 2.25. The van der Waals surface area contributed by atoms with E-state index >= 15 is 0 Å². The summed E-state index contributed by atoms with van der Waals surface area (Å²) in [6.07, 6.45) is -1.34. The van der Waals surface area contributed by atoms with Gasteiger partial charge in [-0.05, 0) is 18.2 Å². The Kier molecular flexibility index (Phi) is 4.82. The molecule has 110 valence electrons. The van der Waals surface area contributed by atoms with Gasteiger partial charge >= 0.3 is 5.97 Å². The fourth-order valence-corrected chi connectivity index (χ4v) is 3.02. The summed E-state index contributed by atoms with van der Waals surface area (Å²) >= 11 is 12.6. The van der Waals surface area contributed by atoms with Crippen LogP contribution in [0.5, 0.6) is 0 Å². The molecule has 0 bridgehead atoms. The van der Waals surface area contributed by atoms with Crippen molar-refractivity contribution in [3.63, 3.8) is 0 Å². The standard InChI is InChI=1S/C13H8Cl2FNO3S/c14-9-5-8(11(15)21-9)13(19)20-10(12(17)18)6-1-3-7(16)4-2-6/h1-5,10H,(H2,17,18). The molecule has 0 fully saturated rings. The zero-order valence-electron chi connectivity index (χ0n) is 10.3. The quantitative estimate of drug-likeness (QED) is 0.859. The Morgan fingerprint density at radius 3 is 2.33 bits per heavy atom. The average Bonchev–Trinajstić information content (AvgIpc) is 2.76. The van der Waals surface area contributed by atoms with Gasteiger partial charge in [0.1, 0.15) is 10.2 Å². The molecule has 21 heavy (non-hydrogen) atoms. The summed E-state index contributed by atoms with van der Waals surface area (Å²) in [7, 11) is 0. The molecule has 1 aromatic carbocycles. The molecule has 0 aliphatic carbocycles. The molecule has 0 saturated carbocycles. The van der Waals surface area contributed by atoms with E-state index in [1.165, 1.54) is 18.2 Å². The van der Waals surface area contributed by atoms with Crippen molar-refractivity contribution in [2.24, 2.45) is 5.73 Å². The van der Waals surface area contributed by atoms with Gasteiger partial charge in [0.15, 0.2) is 0 Å². The lowest BCUT2D eigenvalue weighted by Crippen LogP contribution is -2.26. The summed E-state index contributed by atoms with van der Waals surface area (Å²) in [5.74, 6) is -2.20. The molecular weight excluding hydrogens is 340 g/mol. The Hall–Kier alpha value is -1.63. The summed E-state index contributed by atoms with van der Waals surface area (Å²) in [5.41, 5.74) is 5.51. The van der Waals surface area contributed by atoms with Crippen molar-refractivity contribution in [3.8, 4) is 0 Å². The van der Waals surface area contributed by atoms with Gasteiger partial charge in [0.2, 0.25) is 6.10 Å². The van der Waals surface area contributed by atoms with E-state index in [0.29, 0.717) is 4.34 Å². The number of hydrogen-bond donors (Lipinski definition) is 1. The van der Waals surface area contributed by atoms with Gasteiger partial charge in [0.25, 0.3) is 5.91 Å². The molecular formula is C13H8Cl2FNO3S. The number of benzene rings is 1. The van der Waals surface area contributed by atoms with E-state index in [0.717, 1.165) is 23.5 Å². The molecule has 8 heteroatoms. The van der Waals surface area contributed by atoms with Crippen LogP contribution < -0.4 is 5.73 Å². The SMILES string of the molecule is NC(=O)C(OC(=O)c1cc(Cl)sc1Cl)c1ccc(F)cc1. The van der Waals surface area contributed by atoms with Crippen molar-refractivity contribution in [3.05, 3.63) is 55.9 Å². The molecule has 4 nitrogen and oxygen atoms in total. The van der Waals surface area contributed by atoms with Crippen LogP contribution >= 0.6 is 34.5 Å². The summed E-state index contributed by atoms with van der Waals surface area (Å²) in [6.45, 7) is 0. The van der Waals surface area contributed by atoms with E-state index in [2.05, 4.69) is 0 Å². The molecule has 1 aromatic heterocycles. The van der Waals surface area contributed by atoms with Crippen LogP contribution in [0.25, 0.3) is 0 Å². The minimum atomic E-state index is -1.34. The van der Waals surface area contributed by atoms with Crippen LogP contribution in [0.15, 0.2) is 30.3 Å². The first-order chi connectivity index (χ1) is 9.88. The third-order valence-corrected chi connectivity index (χ3v) is 4.02. The zero-order valence-corrected chi connectivity index (χ0v) is 12.6. The number of thiophene rings is 1. The van der Waals surface area contributed by atoms with E-state index < -0.39 is 23.8 Å². The van der Waals surface area contributed by atoms with E-state index in [-0.39, 0.29) is 15.5 Å². The summed E-state index contributed by atoms with van der Waals surface area (Å²) in [5, 5.41) is 0. The monoisotopic (exact) mass is 347 g/mol. The van der Waals surface area contributed by atoms with Crippen LogP contribution in [0.2, 0.25) is 8.67 Å². The van der Waals surface area contributed by atoms with Gasteiger partial charge in [-0.2, -0.15) is 0 Å². The lowest BCUT2D eigenvalue weighted by molar-refractivity contribution is -0.127. The van der Waals surface area contributed by atoms with Crippen LogP contribution in [0, 0.1) is 5.82 Å². The van der Waals surface area contributed by atoms with Gasteiger partial charge in [0.05, 0.1) is 9.90 Å². The van der Waals surface area contributed by atoms with E-state index in [4.69, 9.17) is 33.7 Å². The van der Waals surface area contributed by atoms with Gasteiger partial charge in [-0.1, -0.05) is 35.3 Å². The van der Waals surface area contributed by atoms with Gasteiger partial charge in [-0.25, -0.2) is 9.18 Å². The summed E-state index contributed by atoms with van der Waals surface area (Å²) in [6, 6.07) is 6.21. The first kappa shape index (κ1) is 15.8. The predicted octanol–water partition coefficient (Wildman–Crippen LogP) is 3.58. The molecule has 1 atom stereocenters. The van der Waals surface area contributed by atoms with Crippen molar-refractivity contribution < 1.29 is 18.7 Å². The van der Waals surface area contributed by atoms with Crippen molar-refractivity contribution in [1.82, 2.24) is 0 Å². The normalized spacial score (nSPS) is 12.0. The first-order valence-corrected chi connectivity index (χ1v) is 7.16. The van der Waals surface area contributed by atoms with Crippen LogP contribution in [-0.4, -0.2) is 11.9 Å². The van der Waals surface area contributed by atoms with E-state index in [1.54, 1.807) is 0 Å². The number of carbonyl (C=O) groups excluding carboxylic acids is 2. The maximum atomic E-state index is 12.9. The summed E-state index contributed by atoms with van der Waals surface area (Å²) in [4.78, 5) is 23.4. The molecule has 2 rings (SSSR count). The molecule has 0 saturated heterocycles. The third kappa shape index (κ3) is 3.72. The summed E-state index contributed by atoms with van der Waals surface area (Å²) < 4.78 is 18.4. The Balaban J connectivity index is 2.24. The van der Waals surface area contributed by atoms with Crippen LogP contribution in [0.1, 0.15) is 22.0 Å². The number of amides is 1. The molecule has 0 aliphatic heterocycles. The molecule has 1 amide bonds. The Bertz CT molecular complexity index is 687. The topological polar surface area (TPSA) is 69.4 Å². The zero-order chi connectivity index (χ0) is 15.6. The van der Waals surface area contributed by atoms with E-state index in [1.807, 2.05) is 0 Å². The van der Waals surface area contributed by atoms with Crippen molar-refractivity contribution in [2.75, 3.05) is 0 Å². The Morgan fingerprint density at radius 1 is 1.24 bits per heavy atom. The Labute approximate surface area is 133 Å². The molecule has 1 heterocycles. The molecule has 0 radical (unpaired) electrons. The molecule has 0 spiro atoms. The fraction of sp³-hybridized carbons (Fsp3) is 0.0769. The van der Waals surface area contributed by atoms with Gasteiger partial charge in [-0.15, -0.1) is 11.3 Å². The number of esters is 1. The smallest absolute Gasteiger partial charge is 0.341 e. The van der Waals surface area contributed by atoms with Gasteiger partial charge < -0.3 is 10.5 Å². The highest BCUT2D eigenvalue weighted by molar-refractivity contribution is 7.20. The number of ether oxygens (including phenoxy) is 1. The van der Waals surface area contributed by atoms with Gasteiger partial charge in [-0.3, -0.25) is 4.79 Å². The molecule has 2 aromatic rings. The molecule has 1 unspecified atom stereocenters. The fourth-order valence-electron chi connectivity index (χ4n) is 1.58. The molecule has 2 N–H and O–H groups in total. The average molecular weight is 348 g/mol. The second-order valence-corrected chi connectivity index (χ2v) is 6.26. The first-order valence-electron chi connectivity index (χ1n) is 5.59. The largest absolute Gasteiger partial charge is 0.444 e. The number of hydrogen-bond acceptors (Lipinski definition) is 4. The Morgan fingerprint density at radius 2 is 1.86 bits per heavy atom. The second-order valence-electron chi connectivity index (χ2n) is 3.98. The maximum Gasteiger partial charge on any atom is 0.341 e. The minimum Gasteiger partial charge on any atom is -0.444 e. The predicted molar refractivity (Wildman–Crippen MR) is 78.1 cm³/mol. The number of rotatable bonds is 4. The highest BCUT2D eigenvalue weighted by atomic mass is 35.5. The van der Waals surface area contributed by atoms with Crippen molar-refractivity contribution >= 4 is 46.4 Å². The van der Waals surface area contributed by atoms with Crippen molar-refractivity contribution in [2.45, 2.75) is 6.10 Å². The van der Waals surface area contributed by atoms with Crippen LogP contribution in [0.3, 0.4) is 0 Å². The third-order valence-electron chi connectivity index (χ3n) is 2.53. The van der Waals surface area contributed by atoms with E-state index in [9.17, 15) is 14.0 Å². The van der Waals surface area contributed by atoms with Crippen LogP contribution in [0.4, 0.5) is 4.39 Å². The number of carbonyl (C=O) groups is 2. The number of halogens is 3. The second kappa shape index (κ2) is 6.43. The number of primary amides is 1. The maximum absolute atomic E-state index is 12.9. The molecule has 0 aliphatic rings. The van der Waals surface area contributed by atoms with Gasteiger partial charge in [0, 0.05) is 5.56 Å².